The maximum atomic E-state index is 17.3. The van der Waals surface area contributed by atoms with Crippen LogP contribution in [0.25, 0.3) is 54.2 Å². The highest BCUT2D eigenvalue weighted by Gasteiger charge is 2.55. The Kier molecular flexibility index (Phi) is 23.1. The summed E-state index contributed by atoms with van der Waals surface area (Å²) in [5, 5.41) is -24.2. The summed E-state index contributed by atoms with van der Waals surface area (Å²) in [6, 6.07) is 0.665. The van der Waals surface area contributed by atoms with Gasteiger partial charge < -0.3 is 5.32 Å². The first-order chi connectivity index (χ1) is 47.7. The highest BCUT2D eigenvalue weighted by atomic mass is 27.2. The number of quaternary nitrogens is 1. The monoisotopic (exact) mass is 1520 g/mol. The fourth-order valence-electron chi connectivity index (χ4n) is 11.7. The van der Waals surface area contributed by atoms with Gasteiger partial charge in [-0.25, -0.2) is 158 Å². The molecule has 546 valence electrons. The molecule has 0 aliphatic heterocycles. The molecule has 0 aliphatic carbocycles. The summed E-state index contributed by atoms with van der Waals surface area (Å²) in [5.41, 5.74) is -2.95. The van der Waals surface area contributed by atoms with Gasteiger partial charge in [0.15, 0.2) is 180 Å². The Morgan fingerprint density at radius 3 is 0.647 bits per heavy atom. The third kappa shape index (κ3) is 12.2. The van der Waals surface area contributed by atoms with Crippen molar-refractivity contribution in [2.75, 3.05) is 13.1 Å². The molecule has 0 heterocycles. The minimum atomic E-state index is -10.2. The van der Waals surface area contributed by atoms with Gasteiger partial charge in [-0.3, -0.25) is 0 Å². The van der Waals surface area contributed by atoms with Gasteiger partial charge in [0.05, 0.1) is 40.2 Å². The zero-order valence-corrected chi connectivity index (χ0v) is 51.1. The SMILES string of the molecule is CCCCCC[NH2+]CCCCCC.Fc1c(F)c(F)c2[c]([Al-]([c]3c(F)c(F)c(F)c4c(F)c(F)c(F)c(F)c34)([c]3c(F)c(F)c(F)c4c(F)c(F)c(F)c(F)c34)[c]3c(F)c(F)c(F)c4c(F)c(F)c(F)c(F)c34)c(F)c(F)c(F)c2c1F.Fc1ccc(-c2c(F)c(F)c(F)c(F)c2F)c(F)c1F. The van der Waals surface area contributed by atoms with E-state index < -0.39 is 294 Å². The van der Waals surface area contributed by atoms with Crippen molar-refractivity contribution in [3.05, 3.63) is 222 Å². The van der Waals surface area contributed by atoms with Crippen LogP contribution in [0, 0.1) is 209 Å². The quantitative estimate of drug-likeness (QED) is 0.0346. The molecule has 0 aliphatic rings. The molecule has 0 radical (unpaired) electrons. The summed E-state index contributed by atoms with van der Waals surface area (Å²) in [4.78, 5) is 0. The van der Waals surface area contributed by atoms with E-state index in [9.17, 15) is 52.7 Å². The number of halogens is 36. The predicted molar refractivity (Wildman–Crippen MR) is 290 cm³/mol. The number of hydrogen-bond donors (Lipinski definition) is 1. The van der Waals surface area contributed by atoms with Crippen LogP contribution in [0.3, 0.4) is 0 Å². The van der Waals surface area contributed by atoms with Crippen LogP contribution in [0.1, 0.15) is 65.2 Å². The molecule has 102 heavy (non-hydrogen) atoms. The summed E-state index contributed by atoms with van der Waals surface area (Å²) in [6.07, 6.45) is 11.3. The van der Waals surface area contributed by atoms with E-state index in [1.165, 1.54) is 64.5 Å². The number of rotatable bonds is 15. The Morgan fingerprint density at radius 1 is 0.206 bits per heavy atom. The zero-order chi connectivity index (χ0) is 76.6. The maximum absolute atomic E-state index is 17.3. The first-order valence-electron chi connectivity index (χ1n) is 28.6. The largest absolute Gasteiger partial charge is 0.346 e. The first kappa shape index (κ1) is 78.9. The minimum Gasteiger partial charge on any atom is -0.346 e. The number of fused-ring (bicyclic) bond motifs is 4. The van der Waals surface area contributed by atoms with Crippen LogP contribution < -0.4 is 23.0 Å². The van der Waals surface area contributed by atoms with Crippen LogP contribution in [0.2, 0.25) is 0 Å². The minimum absolute atomic E-state index is 0.297. The van der Waals surface area contributed by atoms with Crippen molar-refractivity contribution >= 4 is 73.9 Å². The van der Waals surface area contributed by atoms with Crippen LogP contribution in [0.4, 0.5) is 158 Å². The van der Waals surface area contributed by atoms with E-state index in [0.29, 0.717) is 12.1 Å². The Labute approximate surface area is 546 Å². The van der Waals surface area contributed by atoms with E-state index in [1.54, 1.807) is 0 Å². The van der Waals surface area contributed by atoms with Crippen LogP contribution in [0.15, 0.2) is 12.1 Å². The second-order valence-corrected chi connectivity index (χ2v) is 26.0. The molecule has 0 saturated carbocycles. The van der Waals surface area contributed by atoms with Crippen molar-refractivity contribution in [1.29, 1.82) is 0 Å². The van der Waals surface area contributed by atoms with Crippen molar-refractivity contribution in [1.82, 2.24) is 0 Å². The number of nitrogens with two attached hydrogens (primary N) is 1. The lowest BCUT2D eigenvalue weighted by Crippen LogP contribution is -2.84. The summed E-state index contributed by atoms with van der Waals surface area (Å²) < 4.78 is 536. The van der Waals surface area contributed by atoms with Gasteiger partial charge in [-0.2, -0.15) is 17.7 Å². The summed E-state index contributed by atoms with van der Waals surface area (Å²) in [5.74, 6) is -121. The van der Waals surface area contributed by atoms with Crippen LogP contribution in [-0.4, -0.2) is 26.2 Å². The molecule has 10 aromatic carbocycles. The Bertz CT molecular complexity index is 4590. The lowest BCUT2D eigenvalue weighted by Gasteiger charge is -2.44. The van der Waals surface area contributed by atoms with E-state index in [-0.39, 0.29) is 0 Å². The van der Waals surface area contributed by atoms with Crippen molar-refractivity contribution < 1.29 is 163 Å². The van der Waals surface area contributed by atoms with E-state index >= 15 is 105 Å². The smallest absolute Gasteiger partial charge is 0.286 e. The summed E-state index contributed by atoms with van der Waals surface area (Å²) >= 11 is -10.2. The van der Waals surface area contributed by atoms with Gasteiger partial charge in [0, 0.05) is 5.56 Å². The highest BCUT2D eigenvalue weighted by molar-refractivity contribution is 7.23. The molecule has 10 aromatic rings. The Hall–Kier alpha value is -8.79. The van der Waals surface area contributed by atoms with E-state index in [1.807, 2.05) is 0 Å². The Morgan fingerprint density at radius 2 is 0.412 bits per heavy atom. The molecule has 1 nitrogen and oxygen atoms in total. The van der Waals surface area contributed by atoms with Crippen LogP contribution in [0.5, 0.6) is 0 Å². The maximum Gasteiger partial charge on any atom is 0.286 e. The van der Waals surface area contributed by atoms with Crippen molar-refractivity contribution in [3.63, 3.8) is 0 Å². The lowest BCUT2D eigenvalue weighted by molar-refractivity contribution is -0.655. The standard InChI is InChI=1S/C12H2F8.C12H27N.4C10F7.Al/c13-4-2-1-3(6(14)7(4)15)5-8(16)10(18)12(20)11(19)9(5)17;1-3-5-7-9-11-13-12-10-8-6-4-2;4*11-3-1-2-4(7(14)6(3)13)8(15)10(17)9(16)5(2)12;/h1-2H;13H,3-12H2,1-2H3;;;;;/q;;;;;;-1/p+1. The second kappa shape index (κ2) is 29.9. The Balaban J connectivity index is 0.000000326. The van der Waals surface area contributed by atoms with Crippen LogP contribution in [-0.2, 0) is 0 Å². The van der Waals surface area contributed by atoms with Gasteiger partial charge in [-0.05, 0) is 59.4 Å². The fourth-order valence-corrected chi connectivity index (χ4v) is 18.3. The number of benzene rings is 10. The molecule has 0 aromatic heterocycles. The zero-order valence-electron chi connectivity index (χ0n) is 50.0. The molecule has 0 atom stereocenters. The highest BCUT2D eigenvalue weighted by Crippen LogP contribution is 2.43. The molecule has 0 spiro atoms. The normalized spacial score (nSPS) is 11.9. The molecular weight excluding hydrogens is 1490 g/mol. The van der Waals surface area contributed by atoms with Gasteiger partial charge in [0.1, 0.15) is 23.3 Å². The van der Waals surface area contributed by atoms with Crippen molar-refractivity contribution in [2.24, 2.45) is 0 Å². The fraction of sp³-hybridized carbons (Fsp3) is 0.188. The molecule has 10 rings (SSSR count). The number of hydrogen-bond acceptors (Lipinski definition) is 0. The van der Waals surface area contributed by atoms with Gasteiger partial charge in [-0.1, -0.05) is 39.5 Å². The van der Waals surface area contributed by atoms with Crippen molar-refractivity contribution in [3.8, 4) is 11.1 Å². The van der Waals surface area contributed by atoms with Gasteiger partial charge in [0.2, 0.25) is 5.82 Å². The molecular formula is C64H30AlF36N. The molecule has 0 fully saturated rings. The van der Waals surface area contributed by atoms with Crippen molar-refractivity contribution in [2.45, 2.75) is 65.2 Å². The van der Waals surface area contributed by atoms with Crippen LogP contribution >= 0.6 is 0 Å². The van der Waals surface area contributed by atoms with E-state index in [0.717, 1.165) is 0 Å². The molecule has 0 bridgehead atoms. The molecule has 0 unspecified atom stereocenters. The third-order valence-electron chi connectivity index (χ3n) is 16.3. The number of unbranched alkanes of at least 4 members (excludes halogenated alkanes) is 6. The molecule has 2 N–H and O–H groups in total. The van der Waals surface area contributed by atoms with Gasteiger partial charge in [0.25, 0.3) is 13.1 Å². The van der Waals surface area contributed by atoms with Gasteiger partial charge >= 0.3 is 0 Å². The topological polar surface area (TPSA) is 16.6 Å². The average Bonchev–Trinajstić information content (AvgIpc) is 0.661. The first-order valence-corrected chi connectivity index (χ1v) is 30.9. The second-order valence-electron chi connectivity index (χ2n) is 22.0. The lowest BCUT2D eigenvalue weighted by atomic mass is 10.0. The summed E-state index contributed by atoms with van der Waals surface area (Å²) in [7, 11) is 0. The molecule has 0 saturated heterocycles. The molecule has 38 heteroatoms. The molecule has 0 amide bonds. The average molecular weight is 1520 g/mol. The summed E-state index contributed by atoms with van der Waals surface area (Å²) in [6.45, 7) is 7.25. The van der Waals surface area contributed by atoms with E-state index in [2.05, 4.69) is 19.2 Å². The predicted octanol–water partition coefficient (Wildman–Crippen LogP) is 18.7. The third-order valence-corrected chi connectivity index (χ3v) is 21.9. The van der Waals surface area contributed by atoms with E-state index in [4.69, 9.17) is 0 Å². The van der Waals surface area contributed by atoms with Gasteiger partial charge in [-0.15, -0.1) is 0 Å².